The van der Waals surface area contributed by atoms with Crippen LogP contribution in [0.1, 0.15) is 0 Å². The Hall–Kier alpha value is -0.280. The molecule has 1 saturated heterocycles. The van der Waals surface area contributed by atoms with Crippen molar-refractivity contribution in [2.24, 2.45) is 10.7 Å². The van der Waals surface area contributed by atoms with Gasteiger partial charge in [-0.15, -0.1) is 0 Å². The summed E-state index contributed by atoms with van der Waals surface area (Å²) in [6.07, 6.45) is 2.77. The molecule has 0 aromatic rings. The number of morpholine rings is 1. The molecule has 1 aliphatic rings. The summed E-state index contributed by atoms with van der Waals surface area (Å²) in [6, 6.07) is 0. The van der Waals surface area contributed by atoms with Gasteiger partial charge in [-0.2, -0.15) is 0 Å². The molecule has 7 heteroatoms. The van der Waals surface area contributed by atoms with Gasteiger partial charge >= 0.3 is 0 Å². The Morgan fingerprint density at radius 3 is 2.71 bits per heavy atom. The van der Waals surface area contributed by atoms with Gasteiger partial charge in [-0.05, 0) is 34.9 Å². The van der Waals surface area contributed by atoms with Crippen LogP contribution < -0.4 is 5.73 Å². The molecule has 98 valence electrons. The van der Waals surface area contributed by atoms with Crippen LogP contribution >= 0.6 is 22.6 Å². The molecule has 0 saturated carbocycles. The minimum absolute atomic E-state index is 0.268. The summed E-state index contributed by atoms with van der Waals surface area (Å²) < 4.78 is 32.7. The van der Waals surface area contributed by atoms with Crippen LogP contribution in [0, 0.1) is 0 Å². The van der Waals surface area contributed by atoms with Crippen LogP contribution in [0.4, 0.5) is 8.78 Å². The Balaban J connectivity index is 2.41. The van der Waals surface area contributed by atoms with Crippen molar-refractivity contribution in [3.8, 4) is 0 Å². The number of alkyl halides is 2. The van der Waals surface area contributed by atoms with E-state index in [0.29, 0.717) is 30.0 Å². The van der Waals surface area contributed by atoms with Crippen LogP contribution in [0.25, 0.3) is 0 Å². The Bertz CT molecular complexity index is 291. The lowest BCUT2D eigenvalue weighted by molar-refractivity contribution is -0.0500. The van der Waals surface area contributed by atoms with Crippen molar-refractivity contribution < 1.29 is 13.5 Å². The highest BCUT2D eigenvalue weighted by Gasteiger charge is 2.32. The van der Waals surface area contributed by atoms with E-state index in [2.05, 4.69) is 4.99 Å². The molecule has 0 aliphatic carbocycles. The molecular weight excluding hydrogens is 343 g/mol. The normalized spacial score (nSPS) is 20.1. The quantitative estimate of drug-likeness (QED) is 0.594. The van der Waals surface area contributed by atoms with Gasteiger partial charge in [0.15, 0.2) is 0 Å². The minimum Gasteiger partial charge on any atom is -0.405 e. The summed E-state index contributed by atoms with van der Waals surface area (Å²) >= 11 is 1.87. The van der Waals surface area contributed by atoms with Gasteiger partial charge in [0.25, 0.3) is 5.92 Å². The number of ether oxygens (including phenoxy) is 1. The zero-order valence-electron chi connectivity index (χ0n) is 9.41. The fourth-order valence-corrected chi connectivity index (χ4v) is 1.84. The van der Waals surface area contributed by atoms with E-state index in [1.165, 1.54) is 12.3 Å². The predicted molar refractivity (Wildman–Crippen MR) is 71.9 cm³/mol. The monoisotopic (exact) mass is 359 g/mol. The highest BCUT2D eigenvalue weighted by atomic mass is 127. The molecule has 0 radical (unpaired) electrons. The van der Waals surface area contributed by atoms with Crippen molar-refractivity contribution in [3.63, 3.8) is 0 Å². The van der Waals surface area contributed by atoms with Crippen molar-refractivity contribution in [1.82, 2.24) is 4.90 Å². The molecule has 17 heavy (non-hydrogen) atoms. The van der Waals surface area contributed by atoms with E-state index in [4.69, 9.17) is 10.5 Å². The highest BCUT2D eigenvalue weighted by Crippen LogP contribution is 2.17. The van der Waals surface area contributed by atoms with Crippen molar-refractivity contribution in [2.75, 3.05) is 39.4 Å². The zero-order chi connectivity index (χ0) is 12.7. The van der Waals surface area contributed by atoms with E-state index in [0.717, 1.165) is 0 Å². The Kier molecular flexibility index (Phi) is 6.28. The van der Waals surface area contributed by atoms with E-state index in [1.54, 1.807) is 4.90 Å². The van der Waals surface area contributed by atoms with Gasteiger partial charge in [-0.25, -0.2) is 8.78 Å². The number of nitrogens with zero attached hydrogens (tertiary/aromatic N) is 2. The number of nitrogens with two attached hydrogens (primary N) is 1. The first-order valence-electron chi connectivity index (χ1n) is 5.30. The molecule has 1 rings (SSSR count). The second-order valence-corrected chi connectivity index (χ2v) is 4.85. The number of halogens is 3. The molecule has 0 unspecified atom stereocenters. The minimum atomic E-state index is -2.81. The summed E-state index contributed by atoms with van der Waals surface area (Å²) in [5.41, 5.74) is 5.14. The van der Waals surface area contributed by atoms with Gasteiger partial charge in [-0.3, -0.25) is 9.89 Å². The van der Waals surface area contributed by atoms with Crippen molar-refractivity contribution >= 4 is 26.3 Å². The maximum atomic E-state index is 13.6. The Morgan fingerprint density at radius 2 is 2.12 bits per heavy atom. The molecule has 4 nitrogen and oxygen atoms in total. The van der Waals surface area contributed by atoms with Gasteiger partial charge in [0.2, 0.25) is 0 Å². The van der Waals surface area contributed by atoms with Crippen LogP contribution in [-0.2, 0) is 4.74 Å². The van der Waals surface area contributed by atoms with Gasteiger partial charge < -0.3 is 10.5 Å². The average Bonchev–Trinajstić information content (AvgIpc) is 2.28. The largest absolute Gasteiger partial charge is 0.405 e. The standard InChI is InChI=1S/C10H16F2IN3O/c11-10(12,7-15-9(13)1-2-14)8-16-3-5-17-6-4-16/h1-2H,3-8,14H2/b2-1-,15-9?. The lowest BCUT2D eigenvalue weighted by Crippen LogP contribution is -2.44. The van der Waals surface area contributed by atoms with E-state index in [-0.39, 0.29) is 6.54 Å². The molecule has 1 fully saturated rings. The Labute approximate surface area is 113 Å². The van der Waals surface area contributed by atoms with Crippen LogP contribution in [-0.4, -0.2) is 53.9 Å². The van der Waals surface area contributed by atoms with Crippen LogP contribution in [0.5, 0.6) is 0 Å². The second-order valence-electron chi connectivity index (χ2n) is 3.74. The first kappa shape index (κ1) is 14.8. The molecule has 2 N–H and O–H groups in total. The maximum Gasteiger partial charge on any atom is 0.279 e. The number of aliphatic imine (C=N–C) groups is 1. The number of rotatable bonds is 5. The molecule has 0 amide bonds. The molecule has 1 heterocycles. The second kappa shape index (κ2) is 7.22. The molecular formula is C10H16F2IN3O. The Morgan fingerprint density at radius 1 is 1.47 bits per heavy atom. The zero-order valence-corrected chi connectivity index (χ0v) is 11.6. The molecule has 0 atom stereocenters. The van der Waals surface area contributed by atoms with Gasteiger partial charge in [0.1, 0.15) is 6.54 Å². The molecule has 0 bridgehead atoms. The smallest absolute Gasteiger partial charge is 0.279 e. The first-order valence-corrected chi connectivity index (χ1v) is 6.37. The summed E-state index contributed by atoms with van der Waals surface area (Å²) in [7, 11) is 0. The van der Waals surface area contributed by atoms with Crippen LogP contribution in [0.2, 0.25) is 0 Å². The molecule has 0 aromatic heterocycles. The van der Waals surface area contributed by atoms with Gasteiger partial charge in [-0.1, -0.05) is 0 Å². The fraction of sp³-hybridized carbons (Fsp3) is 0.700. The van der Waals surface area contributed by atoms with E-state index >= 15 is 0 Å². The fourth-order valence-electron chi connectivity index (χ4n) is 1.46. The van der Waals surface area contributed by atoms with Crippen molar-refractivity contribution in [1.29, 1.82) is 0 Å². The third kappa shape index (κ3) is 6.27. The average molecular weight is 359 g/mol. The summed E-state index contributed by atoms with van der Waals surface area (Å²) in [5, 5.41) is 0. The lowest BCUT2D eigenvalue weighted by Gasteiger charge is -2.29. The third-order valence-corrected chi connectivity index (χ3v) is 2.95. The SMILES string of the molecule is N/C=C\C(I)=NCC(F)(F)CN1CCOCC1. The summed E-state index contributed by atoms with van der Waals surface area (Å²) in [4.78, 5) is 5.48. The van der Waals surface area contributed by atoms with Crippen LogP contribution in [0.3, 0.4) is 0 Å². The third-order valence-electron chi connectivity index (χ3n) is 2.25. The molecule has 0 aromatic carbocycles. The number of hydrogen-bond donors (Lipinski definition) is 1. The number of allylic oxidation sites excluding steroid dienone is 1. The van der Waals surface area contributed by atoms with Crippen LogP contribution in [0.15, 0.2) is 17.3 Å². The van der Waals surface area contributed by atoms with E-state index in [9.17, 15) is 8.78 Å². The summed E-state index contributed by atoms with van der Waals surface area (Å²) in [5.74, 6) is -2.81. The summed E-state index contributed by atoms with van der Waals surface area (Å²) in [6.45, 7) is 1.38. The first-order chi connectivity index (χ1) is 8.03. The van der Waals surface area contributed by atoms with Gasteiger partial charge in [0.05, 0.1) is 23.5 Å². The number of hydrogen-bond acceptors (Lipinski definition) is 4. The predicted octanol–water partition coefficient (Wildman–Crippen LogP) is 1.26. The molecule has 1 aliphatic heterocycles. The topological polar surface area (TPSA) is 50.8 Å². The van der Waals surface area contributed by atoms with E-state index < -0.39 is 12.5 Å². The van der Waals surface area contributed by atoms with Gasteiger partial charge in [0, 0.05) is 13.1 Å². The van der Waals surface area contributed by atoms with Crippen molar-refractivity contribution in [2.45, 2.75) is 5.92 Å². The highest BCUT2D eigenvalue weighted by molar-refractivity contribution is 14.1. The maximum absolute atomic E-state index is 13.6. The van der Waals surface area contributed by atoms with Crippen molar-refractivity contribution in [3.05, 3.63) is 12.3 Å². The lowest BCUT2D eigenvalue weighted by atomic mass is 10.3. The van der Waals surface area contributed by atoms with E-state index in [1.807, 2.05) is 22.6 Å². The molecule has 0 spiro atoms.